The molecule has 4 nitrogen and oxygen atoms in total. The summed E-state index contributed by atoms with van der Waals surface area (Å²) in [4.78, 5) is 2.12. The van der Waals surface area contributed by atoms with Crippen molar-refractivity contribution in [3.8, 4) is 0 Å². The highest BCUT2D eigenvalue weighted by molar-refractivity contribution is 6.35. The van der Waals surface area contributed by atoms with Gasteiger partial charge in [0.1, 0.15) is 0 Å². The predicted molar refractivity (Wildman–Crippen MR) is 81.9 cm³/mol. The van der Waals surface area contributed by atoms with Crippen LogP contribution in [-0.4, -0.2) is 49.2 Å². The molecule has 0 radical (unpaired) electrons. The first-order valence-corrected chi connectivity index (χ1v) is 7.91. The SMILES string of the molecule is CN(CCC1OCCO1)[C@@H]1c2cc(Cl)cc(Cl)c2C[C@@H]1O. The molecule has 1 aromatic carbocycles. The van der Waals surface area contributed by atoms with Gasteiger partial charge in [-0.15, -0.1) is 0 Å². The molecule has 1 aliphatic heterocycles. The topological polar surface area (TPSA) is 41.9 Å². The van der Waals surface area contributed by atoms with E-state index in [9.17, 15) is 5.11 Å². The Morgan fingerprint density at radius 2 is 2.00 bits per heavy atom. The standard InChI is InChI=1S/C15H19Cl2NO3/c1-18(3-2-14-20-4-5-21-14)15-11-6-9(16)7-12(17)10(11)8-13(15)19/h6-7,13-15,19H,2-5,8H2,1H3/t13-,15+/m0/s1. The molecular weight excluding hydrogens is 313 g/mol. The largest absolute Gasteiger partial charge is 0.391 e. The molecule has 0 unspecified atom stereocenters. The fourth-order valence-electron chi connectivity index (χ4n) is 3.18. The van der Waals surface area contributed by atoms with Crippen molar-refractivity contribution in [3.63, 3.8) is 0 Å². The van der Waals surface area contributed by atoms with Crippen LogP contribution in [0.2, 0.25) is 10.0 Å². The van der Waals surface area contributed by atoms with Gasteiger partial charge in [-0.25, -0.2) is 0 Å². The van der Waals surface area contributed by atoms with Gasteiger partial charge in [0.2, 0.25) is 0 Å². The van der Waals surface area contributed by atoms with Crippen LogP contribution in [0.1, 0.15) is 23.6 Å². The Morgan fingerprint density at radius 3 is 2.71 bits per heavy atom. The number of ether oxygens (including phenoxy) is 2. The molecule has 1 heterocycles. The number of fused-ring (bicyclic) bond motifs is 1. The average Bonchev–Trinajstić information content (AvgIpc) is 3.03. The second-order valence-corrected chi connectivity index (χ2v) is 6.46. The Hall–Kier alpha value is -0.360. The summed E-state index contributed by atoms with van der Waals surface area (Å²) in [7, 11) is 1.99. The van der Waals surface area contributed by atoms with Crippen LogP contribution in [0, 0.1) is 0 Å². The van der Waals surface area contributed by atoms with Gasteiger partial charge in [-0.2, -0.15) is 0 Å². The van der Waals surface area contributed by atoms with Gasteiger partial charge in [-0.3, -0.25) is 4.90 Å². The van der Waals surface area contributed by atoms with E-state index in [0.717, 1.165) is 24.1 Å². The third-order valence-corrected chi connectivity index (χ3v) is 4.73. The van der Waals surface area contributed by atoms with Crippen molar-refractivity contribution in [3.05, 3.63) is 33.3 Å². The van der Waals surface area contributed by atoms with Gasteiger partial charge in [0, 0.05) is 29.4 Å². The number of rotatable bonds is 4. The number of nitrogens with zero attached hydrogens (tertiary/aromatic N) is 1. The Balaban J connectivity index is 1.73. The molecule has 1 fully saturated rings. The van der Waals surface area contributed by atoms with Gasteiger partial charge in [-0.05, 0) is 30.3 Å². The lowest BCUT2D eigenvalue weighted by Crippen LogP contribution is -2.33. The van der Waals surface area contributed by atoms with E-state index in [2.05, 4.69) is 4.90 Å². The molecule has 0 amide bonds. The van der Waals surface area contributed by atoms with Gasteiger partial charge in [0.15, 0.2) is 6.29 Å². The zero-order valence-corrected chi connectivity index (χ0v) is 13.4. The number of likely N-dealkylation sites (N-methyl/N-ethyl adjacent to an activating group) is 1. The van der Waals surface area contributed by atoms with Gasteiger partial charge < -0.3 is 14.6 Å². The molecule has 1 aliphatic carbocycles. The fourth-order valence-corrected chi connectivity index (χ4v) is 3.77. The van der Waals surface area contributed by atoms with E-state index in [4.69, 9.17) is 32.7 Å². The molecule has 0 aromatic heterocycles. The molecule has 1 aromatic rings. The number of hydrogen-bond donors (Lipinski definition) is 1. The summed E-state index contributed by atoms with van der Waals surface area (Å²) in [5, 5.41) is 11.6. The van der Waals surface area contributed by atoms with Crippen molar-refractivity contribution in [2.45, 2.75) is 31.3 Å². The molecule has 1 N–H and O–H groups in total. The summed E-state index contributed by atoms with van der Waals surface area (Å²) in [6, 6.07) is 3.55. The van der Waals surface area contributed by atoms with Gasteiger partial charge in [-0.1, -0.05) is 23.2 Å². The predicted octanol–water partition coefficient (Wildman–Crippen LogP) is 2.65. The van der Waals surface area contributed by atoms with E-state index in [1.54, 1.807) is 6.07 Å². The lowest BCUT2D eigenvalue weighted by molar-refractivity contribution is -0.0547. The zero-order valence-electron chi connectivity index (χ0n) is 11.9. The van der Waals surface area contributed by atoms with Gasteiger partial charge >= 0.3 is 0 Å². The first-order chi connectivity index (χ1) is 10.1. The minimum absolute atomic E-state index is 0.0856. The van der Waals surface area contributed by atoms with Crippen molar-refractivity contribution < 1.29 is 14.6 Å². The van der Waals surface area contributed by atoms with Crippen molar-refractivity contribution in [2.24, 2.45) is 0 Å². The zero-order chi connectivity index (χ0) is 15.0. The lowest BCUT2D eigenvalue weighted by atomic mass is 10.1. The Labute approximate surface area is 134 Å². The average molecular weight is 332 g/mol. The molecule has 21 heavy (non-hydrogen) atoms. The molecule has 1 saturated heterocycles. The van der Waals surface area contributed by atoms with Crippen LogP contribution in [0.3, 0.4) is 0 Å². The molecule has 6 heteroatoms. The summed E-state index contributed by atoms with van der Waals surface area (Å²) in [5.41, 5.74) is 2.02. The van der Waals surface area contributed by atoms with E-state index >= 15 is 0 Å². The normalized spacial score (nSPS) is 25.8. The first kappa shape index (κ1) is 15.5. The summed E-state index contributed by atoms with van der Waals surface area (Å²) in [6.45, 7) is 2.10. The molecule has 2 aliphatic rings. The van der Waals surface area contributed by atoms with Crippen LogP contribution in [0.25, 0.3) is 0 Å². The first-order valence-electron chi connectivity index (χ1n) is 7.15. The minimum Gasteiger partial charge on any atom is -0.391 e. The molecule has 116 valence electrons. The highest BCUT2D eigenvalue weighted by atomic mass is 35.5. The molecule has 0 spiro atoms. The number of hydrogen-bond acceptors (Lipinski definition) is 4. The monoisotopic (exact) mass is 331 g/mol. The fraction of sp³-hybridized carbons (Fsp3) is 0.600. The second kappa shape index (κ2) is 6.41. The molecule has 2 atom stereocenters. The Morgan fingerprint density at radius 1 is 1.29 bits per heavy atom. The third-order valence-electron chi connectivity index (χ3n) is 4.17. The summed E-state index contributed by atoms with van der Waals surface area (Å²) in [5.74, 6) is 0. The number of aliphatic hydroxyl groups excluding tert-OH is 1. The van der Waals surface area contributed by atoms with Crippen LogP contribution >= 0.6 is 23.2 Å². The van der Waals surface area contributed by atoms with E-state index in [1.807, 2.05) is 13.1 Å². The Bertz CT molecular complexity index is 520. The quantitative estimate of drug-likeness (QED) is 0.920. The highest BCUT2D eigenvalue weighted by Gasteiger charge is 2.35. The van der Waals surface area contributed by atoms with Crippen molar-refractivity contribution in [1.29, 1.82) is 0 Å². The lowest BCUT2D eigenvalue weighted by Gasteiger charge is -2.28. The van der Waals surface area contributed by atoms with Crippen LogP contribution in [0.5, 0.6) is 0 Å². The third kappa shape index (κ3) is 3.21. The highest BCUT2D eigenvalue weighted by Crippen LogP contribution is 2.40. The van der Waals surface area contributed by atoms with Crippen LogP contribution < -0.4 is 0 Å². The Kier molecular flexibility index (Phi) is 4.74. The smallest absolute Gasteiger partial charge is 0.159 e. The van der Waals surface area contributed by atoms with E-state index in [0.29, 0.717) is 29.7 Å². The maximum Gasteiger partial charge on any atom is 0.159 e. The maximum absolute atomic E-state index is 10.4. The van der Waals surface area contributed by atoms with Crippen LogP contribution in [0.15, 0.2) is 12.1 Å². The number of aliphatic hydroxyl groups is 1. The van der Waals surface area contributed by atoms with E-state index in [-0.39, 0.29) is 12.3 Å². The minimum atomic E-state index is -0.466. The summed E-state index contributed by atoms with van der Waals surface area (Å²) >= 11 is 12.3. The molecule has 3 rings (SSSR count). The van der Waals surface area contributed by atoms with Crippen molar-refractivity contribution >= 4 is 23.2 Å². The number of benzene rings is 1. The summed E-state index contributed by atoms with van der Waals surface area (Å²) in [6.07, 6.45) is 0.750. The van der Waals surface area contributed by atoms with Crippen LogP contribution in [-0.2, 0) is 15.9 Å². The second-order valence-electron chi connectivity index (χ2n) is 5.61. The van der Waals surface area contributed by atoms with Crippen molar-refractivity contribution in [2.75, 3.05) is 26.8 Å². The summed E-state index contributed by atoms with van der Waals surface area (Å²) < 4.78 is 10.9. The van der Waals surface area contributed by atoms with Crippen LogP contribution in [0.4, 0.5) is 0 Å². The molecule has 0 saturated carbocycles. The number of halogens is 2. The molecular formula is C15H19Cl2NO3. The molecule has 0 bridgehead atoms. The van der Waals surface area contributed by atoms with E-state index in [1.165, 1.54) is 0 Å². The van der Waals surface area contributed by atoms with Gasteiger partial charge in [0.25, 0.3) is 0 Å². The maximum atomic E-state index is 10.4. The van der Waals surface area contributed by atoms with Crippen molar-refractivity contribution in [1.82, 2.24) is 4.90 Å². The van der Waals surface area contributed by atoms with Gasteiger partial charge in [0.05, 0.1) is 25.4 Å². The van der Waals surface area contributed by atoms with E-state index < -0.39 is 6.10 Å².